The summed E-state index contributed by atoms with van der Waals surface area (Å²) in [6.07, 6.45) is 1.63. The molecule has 0 saturated heterocycles. The summed E-state index contributed by atoms with van der Waals surface area (Å²) in [7, 11) is -2.17. The first-order chi connectivity index (χ1) is 15.8. The van der Waals surface area contributed by atoms with Crippen molar-refractivity contribution in [1.29, 1.82) is 0 Å². The Morgan fingerprint density at radius 2 is 1.91 bits per heavy atom. The van der Waals surface area contributed by atoms with E-state index in [2.05, 4.69) is 10.3 Å². The summed E-state index contributed by atoms with van der Waals surface area (Å²) in [5.41, 5.74) is 0.896. The van der Waals surface area contributed by atoms with Crippen molar-refractivity contribution in [3.8, 4) is 5.75 Å². The number of carbonyl (C=O) groups is 1. The predicted molar refractivity (Wildman–Crippen MR) is 128 cm³/mol. The third-order valence-corrected chi connectivity index (χ3v) is 7.37. The molecule has 3 aromatic rings. The zero-order valence-corrected chi connectivity index (χ0v) is 19.9. The van der Waals surface area contributed by atoms with E-state index >= 15 is 0 Å². The van der Waals surface area contributed by atoms with Gasteiger partial charge in [-0.2, -0.15) is 4.31 Å². The first kappa shape index (κ1) is 24.5. The summed E-state index contributed by atoms with van der Waals surface area (Å²) in [5, 5.41) is 3.16. The highest BCUT2D eigenvalue weighted by Gasteiger charge is 2.24. The Balaban J connectivity index is 1.96. The molecule has 0 aliphatic rings. The molecular formula is C24H29N3O5S. The molecule has 1 heterocycles. The number of ether oxygens (including phenoxy) is 1. The Bertz CT molecular complexity index is 1300. The molecule has 9 heteroatoms. The van der Waals surface area contributed by atoms with E-state index in [4.69, 9.17) is 4.74 Å². The molecular weight excluding hydrogens is 442 g/mol. The first-order valence-electron chi connectivity index (χ1n) is 10.9. The van der Waals surface area contributed by atoms with Gasteiger partial charge < -0.3 is 15.0 Å². The SMILES string of the molecule is CCCCN(CC)S(=O)(=O)c1ccc2[nH]c(=O)cc(C(=O)NCc3cccc(OC)c3)c2c1. The molecule has 176 valence electrons. The molecule has 0 fully saturated rings. The molecule has 0 atom stereocenters. The van der Waals surface area contributed by atoms with Crippen molar-refractivity contribution >= 4 is 26.8 Å². The van der Waals surface area contributed by atoms with Crippen LogP contribution in [-0.4, -0.2) is 43.8 Å². The minimum absolute atomic E-state index is 0.0850. The Labute approximate surface area is 193 Å². The Hall–Kier alpha value is -3.17. The number of unbranched alkanes of at least 4 members (excludes halogenated alkanes) is 1. The van der Waals surface area contributed by atoms with Crippen LogP contribution in [0.25, 0.3) is 10.9 Å². The van der Waals surface area contributed by atoms with Gasteiger partial charge in [0.05, 0.1) is 17.6 Å². The number of sulfonamides is 1. The second kappa shape index (κ2) is 10.6. The zero-order valence-electron chi connectivity index (χ0n) is 19.1. The van der Waals surface area contributed by atoms with Crippen LogP contribution in [-0.2, 0) is 16.6 Å². The fourth-order valence-electron chi connectivity index (χ4n) is 3.57. The number of fused-ring (bicyclic) bond motifs is 1. The Morgan fingerprint density at radius 3 is 2.61 bits per heavy atom. The average molecular weight is 472 g/mol. The molecule has 0 bridgehead atoms. The number of methoxy groups -OCH3 is 1. The van der Waals surface area contributed by atoms with E-state index in [1.54, 1.807) is 26.2 Å². The van der Waals surface area contributed by atoms with Gasteiger partial charge in [-0.15, -0.1) is 0 Å². The van der Waals surface area contributed by atoms with Gasteiger partial charge in [-0.05, 0) is 42.3 Å². The summed E-state index contributed by atoms with van der Waals surface area (Å²) >= 11 is 0. The van der Waals surface area contributed by atoms with Gasteiger partial charge in [0, 0.05) is 36.6 Å². The zero-order chi connectivity index (χ0) is 24.0. The number of hydrogen-bond acceptors (Lipinski definition) is 5. The monoisotopic (exact) mass is 471 g/mol. The molecule has 0 spiro atoms. The average Bonchev–Trinajstić information content (AvgIpc) is 2.82. The van der Waals surface area contributed by atoms with E-state index in [-0.39, 0.29) is 17.0 Å². The standard InChI is InChI=1S/C24H29N3O5S/c1-4-6-12-27(5-2)33(30,31)19-10-11-22-20(14-19)21(15-23(28)26-22)24(29)25-16-17-8-7-9-18(13-17)32-3/h7-11,13-15H,4-6,12,16H2,1-3H3,(H,25,29)(H,26,28). The Kier molecular flexibility index (Phi) is 7.88. The van der Waals surface area contributed by atoms with Crippen LogP contribution in [0.15, 0.2) is 58.2 Å². The molecule has 1 amide bonds. The van der Waals surface area contributed by atoms with Gasteiger partial charge in [-0.3, -0.25) is 9.59 Å². The quantitative estimate of drug-likeness (QED) is 0.472. The number of nitrogens with zero attached hydrogens (tertiary/aromatic N) is 1. The Morgan fingerprint density at radius 1 is 1.12 bits per heavy atom. The largest absolute Gasteiger partial charge is 0.497 e. The highest BCUT2D eigenvalue weighted by Crippen LogP contribution is 2.23. The first-order valence-corrected chi connectivity index (χ1v) is 12.3. The third-order valence-electron chi connectivity index (χ3n) is 5.40. The summed E-state index contributed by atoms with van der Waals surface area (Å²) < 4.78 is 33.0. The van der Waals surface area contributed by atoms with Crippen LogP contribution >= 0.6 is 0 Å². The van der Waals surface area contributed by atoms with Crippen molar-refractivity contribution in [3.63, 3.8) is 0 Å². The maximum Gasteiger partial charge on any atom is 0.252 e. The maximum absolute atomic E-state index is 13.2. The predicted octanol–water partition coefficient (Wildman–Crippen LogP) is 3.28. The molecule has 0 aliphatic heterocycles. The van der Waals surface area contributed by atoms with Gasteiger partial charge in [0.2, 0.25) is 15.6 Å². The smallest absolute Gasteiger partial charge is 0.252 e. The minimum atomic E-state index is -3.73. The lowest BCUT2D eigenvalue weighted by atomic mass is 10.1. The van der Waals surface area contributed by atoms with E-state index in [1.165, 1.54) is 28.6 Å². The third kappa shape index (κ3) is 5.61. The number of aromatic amines is 1. The van der Waals surface area contributed by atoms with Gasteiger partial charge >= 0.3 is 0 Å². The van der Waals surface area contributed by atoms with Crippen molar-refractivity contribution in [2.75, 3.05) is 20.2 Å². The maximum atomic E-state index is 13.2. The summed E-state index contributed by atoms with van der Waals surface area (Å²) in [6.45, 7) is 4.79. The van der Waals surface area contributed by atoms with Gasteiger partial charge in [0.1, 0.15) is 5.75 Å². The number of carbonyl (C=O) groups excluding carboxylic acids is 1. The molecule has 2 N–H and O–H groups in total. The van der Waals surface area contributed by atoms with Crippen LogP contribution in [0.3, 0.4) is 0 Å². The lowest BCUT2D eigenvalue weighted by Crippen LogP contribution is -2.32. The van der Waals surface area contributed by atoms with Crippen molar-refractivity contribution in [3.05, 3.63) is 70.0 Å². The number of rotatable bonds is 10. The second-order valence-corrected chi connectivity index (χ2v) is 9.58. The van der Waals surface area contributed by atoms with Gasteiger partial charge in [-0.1, -0.05) is 32.4 Å². The van der Waals surface area contributed by atoms with Crippen LogP contribution < -0.4 is 15.6 Å². The van der Waals surface area contributed by atoms with Crippen LogP contribution in [0, 0.1) is 0 Å². The number of amides is 1. The molecule has 8 nitrogen and oxygen atoms in total. The number of H-pyrrole nitrogens is 1. The second-order valence-electron chi connectivity index (χ2n) is 7.64. The highest BCUT2D eigenvalue weighted by molar-refractivity contribution is 7.89. The minimum Gasteiger partial charge on any atom is -0.497 e. The fourth-order valence-corrected chi connectivity index (χ4v) is 5.09. The van der Waals surface area contributed by atoms with Gasteiger partial charge in [-0.25, -0.2) is 8.42 Å². The summed E-state index contributed by atoms with van der Waals surface area (Å²) in [6, 6.07) is 12.9. The van der Waals surface area contributed by atoms with Crippen LogP contribution in [0.4, 0.5) is 0 Å². The van der Waals surface area contributed by atoms with Gasteiger partial charge in [0.15, 0.2) is 0 Å². The van der Waals surface area contributed by atoms with Crippen molar-refractivity contribution in [1.82, 2.24) is 14.6 Å². The number of benzene rings is 2. The molecule has 0 saturated carbocycles. The number of aromatic nitrogens is 1. The molecule has 0 radical (unpaired) electrons. The topological polar surface area (TPSA) is 109 Å². The number of nitrogens with one attached hydrogen (secondary N) is 2. The normalized spacial score (nSPS) is 11.6. The van der Waals surface area contributed by atoms with Crippen molar-refractivity contribution < 1.29 is 17.9 Å². The molecule has 33 heavy (non-hydrogen) atoms. The number of hydrogen-bond donors (Lipinski definition) is 2. The van der Waals surface area contributed by atoms with E-state index in [0.29, 0.717) is 29.7 Å². The van der Waals surface area contributed by atoms with Crippen LogP contribution in [0.1, 0.15) is 42.6 Å². The van der Waals surface area contributed by atoms with E-state index in [0.717, 1.165) is 18.4 Å². The molecule has 0 unspecified atom stereocenters. The summed E-state index contributed by atoms with van der Waals surface area (Å²) in [4.78, 5) is 27.9. The fraction of sp³-hybridized carbons (Fsp3) is 0.333. The van der Waals surface area contributed by atoms with Crippen molar-refractivity contribution in [2.45, 2.75) is 38.1 Å². The van der Waals surface area contributed by atoms with E-state index < -0.39 is 21.5 Å². The number of pyridine rings is 1. The van der Waals surface area contributed by atoms with Crippen LogP contribution in [0.2, 0.25) is 0 Å². The highest BCUT2D eigenvalue weighted by atomic mass is 32.2. The lowest BCUT2D eigenvalue weighted by molar-refractivity contribution is 0.0952. The molecule has 0 aliphatic carbocycles. The van der Waals surface area contributed by atoms with E-state index in [9.17, 15) is 18.0 Å². The molecule has 3 rings (SSSR count). The van der Waals surface area contributed by atoms with Gasteiger partial charge in [0.25, 0.3) is 5.91 Å². The molecule has 2 aromatic carbocycles. The summed E-state index contributed by atoms with van der Waals surface area (Å²) in [5.74, 6) is 0.198. The van der Waals surface area contributed by atoms with Crippen molar-refractivity contribution in [2.24, 2.45) is 0 Å². The van der Waals surface area contributed by atoms with E-state index in [1.807, 2.05) is 19.1 Å². The lowest BCUT2D eigenvalue weighted by Gasteiger charge is -2.20. The molecule has 1 aromatic heterocycles. The van der Waals surface area contributed by atoms with Crippen LogP contribution in [0.5, 0.6) is 5.75 Å².